The van der Waals surface area contributed by atoms with Gasteiger partial charge in [-0.05, 0) is 32.6 Å². The Kier molecular flexibility index (Phi) is 5.40. The maximum Gasteiger partial charge on any atom is 0.328 e. The molecule has 4 nitrogen and oxygen atoms in total. The van der Waals surface area contributed by atoms with Gasteiger partial charge in [0.15, 0.2) is 0 Å². The quantitative estimate of drug-likeness (QED) is 0.749. The van der Waals surface area contributed by atoms with Gasteiger partial charge in [0.2, 0.25) is 0 Å². The summed E-state index contributed by atoms with van der Waals surface area (Å²) in [6, 6.07) is 0. The van der Waals surface area contributed by atoms with E-state index in [1.165, 1.54) is 19.3 Å². The van der Waals surface area contributed by atoms with E-state index in [1.54, 1.807) is 13.8 Å². The smallest absolute Gasteiger partial charge is 0.328 e. The number of nitrogens with two attached hydrogens (primary N) is 1. The zero-order chi connectivity index (χ0) is 12.9. The number of esters is 1. The van der Waals surface area contributed by atoms with Gasteiger partial charge in [-0.1, -0.05) is 19.8 Å². The van der Waals surface area contributed by atoms with Crippen molar-refractivity contribution in [3.63, 3.8) is 0 Å². The van der Waals surface area contributed by atoms with Gasteiger partial charge in [-0.2, -0.15) is 0 Å². The Morgan fingerprint density at radius 2 is 2.06 bits per heavy atom. The second-order valence-corrected chi connectivity index (χ2v) is 5.25. The summed E-state index contributed by atoms with van der Waals surface area (Å²) in [4.78, 5) is 11.6. The van der Waals surface area contributed by atoms with E-state index in [-0.39, 0.29) is 18.7 Å². The van der Waals surface area contributed by atoms with Crippen molar-refractivity contribution in [3.8, 4) is 0 Å². The van der Waals surface area contributed by atoms with Crippen LogP contribution in [-0.4, -0.2) is 30.8 Å². The molecular formula is C13H25NO3. The van der Waals surface area contributed by atoms with E-state index in [0.717, 1.165) is 6.42 Å². The maximum absolute atomic E-state index is 11.6. The molecule has 17 heavy (non-hydrogen) atoms. The van der Waals surface area contributed by atoms with Crippen LogP contribution in [0.15, 0.2) is 0 Å². The number of ether oxygens (including phenoxy) is 2. The molecule has 1 aliphatic rings. The van der Waals surface area contributed by atoms with E-state index in [1.807, 2.05) is 0 Å². The first kappa shape index (κ1) is 14.5. The standard InChI is InChI=1S/C13H25NO3/c1-4-16-12(15)13(3,14)9-17-11-8-6-5-7-10(11)2/h10-11H,4-9,14H2,1-3H3. The SMILES string of the molecule is CCOC(=O)C(C)(N)COC1CCCCC1C. The van der Waals surface area contributed by atoms with Crippen LogP contribution in [0.3, 0.4) is 0 Å². The Morgan fingerprint density at radius 3 is 2.65 bits per heavy atom. The normalized spacial score (nSPS) is 28.5. The van der Waals surface area contributed by atoms with Gasteiger partial charge in [0.25, 0.3) is 0 Å². The molecule has 0 aliphatic heterocycles. The highest BCUT2D eigenvalue weighted by molar-refractivity contribution is 5.80. The summed E-state index contributed by atoms with van der Waals surface area (Å²) in [6.45, 7) is 6.23. The van der Waals surface area contributed by atoms with Crippen molar-refractivity contribution < 1.29 is 14.3 Å². The van der Waals surface area contributed by atoms with Crippen LogP contribution in [0.4, 0.5) is 0 Å². The molecule has 0 aromatic rings. The fraction of sp³-hybridized carbons (Fsp3) is 0.923. The predicted molar refractivity (Wildman–Crippen MR) is 66.6 cm³/mol. The molecule has 0 aromatic heterocycles. The summed E-state index contributed by atoms with van der Waals surface area (Å²) in [7, 11) is 0. The molecule has 0 radical (unpaired) electrons. The first-order chi connectivity index (χ1) is 7.97. The van der Waals surface area contributed by atoms with Crippen molar-refractivity contribution in [3.05, 3.63) is 0 Å². The lowest BCUT2D eigenvalue weighted by Gasteiger charge is -2.31. The van der Waals surface area contributed by atoms with Gasteiger partial charge in [-0.25, -0.2) is 4.79 Å². The van der Waals surface area contributed by atoms with E-state index in [9.17, 15) is 4.79 Å². The maximum atomic E-state index is 11.6. The fourth-order valence-electron chi connectivity index (χ4n) is 2.16. The topological polar surface area (TPSA) is 61.5 Å². The average Bonchev–Trinajstić information content (AvgIpc) is 2.28. The summed E-state index contributed by atoms with van der Waals surface area (Å²) in [6.07, 6.45) is 4.99. The number of carbonyl (C=O) groups is 1. The van der Waals surface area contributed by atoms with Gasteiger partial charge < -0.3 is 15.2 Å². The molecule has 1 aliphatic carbocycles. The van der Waals surface area contributed by atoms with Gasteiger partial charge in [-0.15, -0.1) is 0 Å². The van der Waals surface area contributed by atoms with E-state index >= 15 is 0 Å². The molecule has 1 fully saturated rings. The molecule has 1 saturated carbocycles. The van der Waals surface area contributed by atoms with E-state index in [0.29, 0.717) is 12.5 Å². The number of rotatable bonds is 5. The molecule has 3 atom stereocenters. The first-order valence-electron chi connectivity index (χ1n) is 6.55. The van der Waals surface area contributed by atoms with Crippen molar-refractivity contribution >= 4 is 5.97 Å². The predicted octanol–water partition coefficient (Wildman–Crippen LogP) is 1.86. The zero-order valence-corrected chi connectivity index (χ0v) is 11.2. The van der Waals surface area contributed by atoms with Crippen molar-refractivity contribution in [1.82, 2.24) is 0 Å². The lowest BCUT2D eigenvalue weighted by atomic mass is 9.88. The molecule has 0 bridgehead atoms. The summed E-state index contributed by atoms with van der Waals surface area (Å²) in [5, 5.41) is 0. The van der Waals surface area contributed by atoms with Crippen LogP contribution >= 0.6 is 0 Å². The lowest BCUT2D eigenvalue weighted by molar-refractivity contribution is -0.153. The zero-order valence-electron chi connectivity index (χ0n) is 11.2. The van der Waals surface area contributed by atoms with E-state index in [4.69, 9.17) is 15.2 Å². The Balaban J connectivity index is 2.40. The number of hydrogen-bond donors (Lipinski definition) is 1. The molecule has 0 amide bonds. The van der Waals surface area contributed by atoms with E-state index in [2.05, 4.69) is 6.92 Å². The number of hydrogen-bond acceptors (Lipinski definition) is 4. The summed E-state index contributed by atoms with van der Waals surface area (Å²) in [5.74, 6) is 0.171. The van der Waals surface area contributed by atoms with E-state index < -0.39 is 5.54 Å². The number of carbonyl (C=O) groups excluding carboxylic acids is 1. The van der Waals surface area contributed by atoms with Crippen LogP contribution in [0.1, 0.15) is 46.5 Å². The van der Waals surface area contributed by atoms with Crippen LogP contribution in [0.2, 0.25) is 0 Å². The Morgan fingerprint density at radius 1 is 1.41 bits per heavy atom. The second kappa shape index (κ2) is 6.36. The summed E-state index contributed by atoms with van der Waals surface area (Å²) < 4.78 is 10.7. The van der Waals surface area contributed by atoms with Gasteiger partial charge >= 0.3 is 5.97 Å². The van der Waals surface area contributed by atoms with Crippen LogP contribution < -0.4 is 5.73 Å². The van der Waals surface area contributed by atoms with Gasteiger partial charge in [0, 0.05) is 0 Å². The van der Waals surface area contributed by atoms with Crippen LogP contribution in [-0.2, 0) is 14.3 Å². The molecular weight excluding hydrogens is 218 g/mol. The second-order valence-electron chi connectivity index (χ2n) is 5.25. The van der Waals surface area contributed by atoms with Gasteiger partial charge in [0.05, 0.1) is 19.3 Å². The van der Waals surface area contributed by atoms with Crippen LogP contribution in [0.25, 0.3) is 0 Å². The highest BCUT2D eigenvalue weighted by Gasteiger charge is 2.32. The molecule has 2 N–H and O–H groups in total. The van der Waals surface area contributed by atoms with Crippen LogP contribution in [0, 0.1) is 5.92 Å². The average molecular weight is 243 g/mol. The Labute approximate surface area is 104 Å². The summed E-state index contributed by atoms with van der Waals surface area (Å²) in [5.41, 5.74) is 4.87. The lowest BCUT2D eigenvalue weighted by Crippen LogP contribution is -2.51. The van der Waals surface area contributed by atoms with Gasteiger partial charge in [-0.3, -0.25) is 0 Å². The minimum atomic E-state index is -1.03. The molecule has 3 unspecified atom stereocenters. The molecule has 0 heterocycles. The fourth-order valence-corrected chi connectivity index (χ4v) is 2.16. The largest absolute Gasteiger partial charge is 0.465 e. The third-order valence-corrected chi connectivity index (χ3v) is 3.37. The third-order valence-electron chi connectivity index (χ3n) is 3.37. The minimum Gasteiger partial charge on any atom is -0.465 e. The summed E-state index contributed by atoms with van der Waals surface area (Å²) >= 11 is 0. The highest BCUT2D eigenvalue weighted by atomic mass is 16.5. The third kappa shape index (κ3) is 4.28. The van der Waals surface area contributed by atoms with Gasteiger partial charge in [0.1, 0.15) is 5.54 Å². The molecule has 4 heteroatoms. The molecule has 0 spiro atoms. The monoisotopic (exact) mass is 243 g/mol. The Bertz CT molecular complexity index is 253. The van der Waals surface area contributed by atoms with Crippen molar-refractivity contribution in [2.45, 2.75) is 58.1 Å². The minimum absolute atomic E-state index is 0.237. The molecule has 1 rings (SSSR count). The highest BCUT2D eigenvalue weighted by Crippen LogP contribution is 2.26. The van der Waals surface area contributed by atoms with Crippen molar-refractivity contribution in [2.75, 3.05) is 13.2 Å². The van der Waals surface area contributed by atoms with Crippen molar-refractivity contribution in [2.24, 2.45) is 11.7 Å². The first-order valence-corrected chi connectivity index (χ1v) is 6.55. The van der Waals surface area contributed by atoms with Crippen LogP contribution in [0.5, 0.6) is 0 Å². The molecule has 100 valence electrons. The Hall–Kier alpha value is -0.610. The molecule has 0 saturated heterocycles. The molecule has 0 aromatic carbocycles. The van der Waals surface area contributed by atoms with Crippen molar-refractivity contribution in [1.29, 1.82) is 0 Å².